The van der Waals surface area contributed by atoms with Crippen LogP contribution in [0.25, 0.3) is 11.6 Å². The maximum atomic E-state index is 12.6. The van der Waals surface area contributed by atoms with Crippen molar-refractivity contribution in [1.82, 2.24) is 0 Å². The molecule has 0 spiro atoms. The van der Waals surface area contributed by atoms with Gasteiger partial charge in [0.1, 0.15) is 0 Å². The Morgan fingerprint density at radius 2 is 1.41 bits per heavy atom. The molecule has 7 heteroatoms. The highest BCUT2D eigenvalue weighted by Gasteiger charge is 2.16. The van der Waals surface area contributed by atoms with E-state index in [1.54, 1.807) is 60.7 Å². The number of hydrogen-bond acceptors (Lipinski definition) is 6. The van der Waals surface area contributed by atoms with Crippen LogP contribution in [0.5, 0.6) is 23.0 Å². The highest BCUT2D eigenvalue weighted by Crippen LogP contribution is 2.32. The maximum Gasteiger partial charge on any atom is 0.343 e. The molecule has 32 heavy (non-hydrogen) atoms. The Hall–Kier alpha value is -3.95. The van der Waals surface area contributed by atoms with Gasteiger partial charge >= 0.3 is 5.97 Å². The Labute approximate surface area is 191 Å². The second-order valence-corrected chi connectivity index (χ2v) is 6.98. The molecule has 0 radical (unpaired) electrons. The number of nitrogens with zero attached hydrogens (tertiary/aromatic N) is 1. The van der Waals surface area contributed by atoms with Gasteiger partial charge in [-0.3, -0.25) is 0 Å². The number of allylic oxidation sites excluding steroid dienone is 1. The SMILES string of the molecule is COc1ccc(C(=O)Oc2ccc(C=C(C#N)c3ccc(Cl)cc3)cc2OC)cc1OC. The quantitative estimate of drug-likeness (QED) is 0.201. The summed E-state index contributed by atoms with van der Waals surface area (Å²) in [5.74, 6) is 0.939. The lowest BCUT2D eigenvalue weighted by Gasteiger charge is -2.12. The smallest absolute Gasteiger partial charge is 0.343 e. The predicted molar refractivity (Wildman–Crippen MR) is 122 cm³/mol. The zero-order valence-corrected chi connectivity index (χ0v) is 18.5. The Kier molecular flexibility index (Phi) is 7.37. The van der Waals surface area contributed by atoms with E-state index < -0.39 is 5.97 Å². The molecule has 0 fully saturated rings. The number of methoxy groups -OCH3 is 3. The van der Waals surface area contributed by atoms with Crippen molar-refractivity contribution in [3.63, 3.8) is 0 Å². The van der Waals surface area contributed by atoms with Crippen molar-refractivity contribution in [2.45, 2.75) is 0 Å². The zero-order chi connectivity index (χ0) is 23.1. The molecule has 3 aromatic carbocycles. The first-order valence-electron chi connectivity index (χ1n) is 9.49. The van der Waals surface area contributed by atoms with Crippen LogP contribution in [0.4, 0.5) is 0 Å². The molecule has 0 saturated heterocycles. The average Bonchev–Trinajstić information content (AvgIpc) is 2.83. The van der Waals surface area contributed by atoms with Crippen molar-refractivity contribution in [2.75, 3.05) is 21.3 Å². The van der Waals surface area contributed by atoms with Gasteiger partial charge in [0, 0.05) is 5.02 Å². The third-order valence-electron chi connectivity index (χ3n) is 4.60. The number of nitriles is 1. The van der Waals surface area contributed by atoms with E-state index >= 15 is 0 Å². The Morgan fingerprint density at radius 3 is 2.03 bits per heavy atom. The minimum absolute atomic E-state index is 0.245. The predicted octanol–water partition coefficient (Wildman–Crippen LogP) is 5.65. The van der Waals surface area contributed by atoms with Gasteiger partial charge in [-0.25, -0.2) is 4.79 Å². The van der Waals surface area contributed by atoms with Crippen molar-refractivity contribution >= 4 is 29.2 Å². The van der Waals surface area contributed by atoms with Gasteiger partial charge in [-0.05, 0) is 59.7 Å². The van der Waals surface area contributed by atoms with Crippen molar-refractivity contribution in [3.05, 3.63) is 82.4 Å². The molecular weight excluding hydrogens is 430 g/mol. The van der Waals surface area contributed by atoms with Gasteiger partial charge in [-0.15, -0.1) is 0 Å². The number of halogens is 1. The highest BCUT2D eigenvalue weighted by molar-refractivity contribution is 6.30. The van der Waals surface area contributed by atoms with Crippen LogP contribution in [0.1, 0.15) is 21.5 Å². The van der Waals surface area contributed by atoms with E-state index in [4.69, 9.17) is 30.5 Å². The molecule has 0 aliphatic carbocycles. The van der Waals surface area contributed by atoms with Crippen LogP contribution >= 0.6 is 11.6 Å². The number of esters is 1. The largest absolute Gasteiger partial charge is 0.493 e. The third-order valence-corrected chi connectivity index (χ3v) is 4.85. The lowest BCUT2D eigenvalue weighted by molar-refractivity contribution is 0.0729. The van der Waals surface area contributed by atoms with Crippen molar-refractivity contribution < 1.29 is 23.7 Å². The Morgan fingerprint density at radius 1 is 0.812 bits per heavy atom. The van der Waals surface area contributed by atoms with Crippen LogP contribution in [0.3, 0.4) is 0 Å². The van der Waals surface area contributed by atoms with Gasteiger partial charge in [-0.2, -0.15) is 5.26 Å². The summed E-state index contributed by atoms with van der Waals surface area (Å²) in [6, 6.07) is 18.9. The molecule has 0 N–H and O–H groups in total. The normalized spacial score (nSPS) is 10.8. The summed E-state index contributed by atoms with van der Waals surface area (Å²) < 4.78 is 21.3. The summed E-state index contributed by atoms with van der Waals surface area (Å²) in [7, 11) is 4.48. The molecule has 0 atom stereocenters. The lowest BCUT2D eigenvalue weighted by atomic mass is 10.0. The van der Waals surface area contributed by atoms with Crippen LogP contribution < -0.4 is 18.9 Å². The van der Waals surface area contributed by atoms with Crippen LogP contribution in [-0.4, -0.2) is 27.3 Å². The molecule has 0 unspecified atom stereocenters. The fourth-order valence-corrected chi connectivity index (χ4v) is 3.08. The number of benzene rings is 3. The van der Waals surface area contributed by atoms with Gasteiger partial charge in [-0.1, -0.05) is 29.8 Å². The second-order valence-electron chi connectivity index (χ2n) is 6.55. The van der Waals surface area contributed by atoms with Gasteiger partial charge < -0.3 is 18.9 Å². The Balaban J connectivity index is 1.86. The first kappa shape index (κ1) is 22.7. The second kappa shape index (κ2) is 10.4. The van der Waals surface area contributed by atoms with E-state index in [1.165, 1.54) is 27.4 Å². The summed E-state index contributed by atoms with van der Waals surface area (Å²) in [5.41, 5.74) is 2.20. The summed E-state index contributed by atoms with van der Waals surface area (Å²) in [6.45, 7) is 0. The van der Waals surface area contributed by atoms with Crippen molar-refractivity contribution in [2.24, 2.45) is 0 Å². The van der Waals surface area contributed by atoms with Gasteiger partial charge in [0.25, 0.3) is 0 Å². The minimum atomic E-state index is -0.577. The molecule has 0 aliphatic rings. The molecular formula is C25H20ClNO5. The molecule has 6 nitrogen and oxygen atoms in total. The summed E-state index contributed by atoms with van der Waals surface area (Å²) in [5, 5.41) is 10.1. The van der Waals surface area contributed by atoms with E-state index in [2.05, 4.69) is 6.07 Å². The fraction of sp³-hybridized carbons (Fsp3) is 0.120. The minimum Gasteiger partial charge on any atom is -0.493 e. The highest BCUT2D eigenvalue weighted by atomic mass is 35.5. The monoisotopic (exact) mass is 449 g/mol. The number of hydrogen-bond donors (Lipinski definition) is 0. The topological polar surface area (TPSA) is 77.8 Å². The molecule has 0 aliphatic heterocycles. The van der Waals surface area contributed by atoms with E-state index in [9.17, 15) is 10.1 Å². The van der Waals surface area contributed by atoms with Crippen LogP contribution in [0.15, 0.2) is 60.7 Å². The molecule has 0 amide bonds. The molecule has 0 heterocycles. The summed E-state index contributed by atoms with van der Waals surface area (Å²) in [4.78, 5) is 12.6. The molecule has 0 bridgehead atoms. The molecule has 0 saturated carbocycles. The molecule has 3 rings (SSSR count). The van der Waals surface area contributed by atoms with Gasteiger partial charge in [0.15, 0.2) is 23.0 Å². The van der Waals surface area contributed by atoms with Crippen LogP contribution in [-0.2, 0) is 0 Å². The molecule has 3 aromatic rings. The number of rotatable bonds is 7. The molecule has 162 valence electrons. The zero-order valence-electron chi connectivity index (χ0n) is 17.7. The van der Waals surface area contributed by atoms with Crippen LogP contribution in [0.2, 0.25) is 5.02 Å². The number of carbonyl (C=O) groups excluding carboxylic acids is 1. The average molecular weight is 450 g/mol. The Bertz CT molecular complexity index is 1200. The number of carbonyl (C=O) groups is 1. The van der Waals surface area contributed by atoms with E-state index in [-0.39, 0.29) is 5.75 Å². The number of ether oxygens (including phenoxy) is 4. The van der Waals surface area contributed by atoms with E-state index in [1.807, 2.05) is 0 Å². The van der Waals surface area contributed by atoms with Crippen molar-refractivity contribution in [3.8, 4) is 29.1 Å². The summed E-state index contributed by atoms with van der Waals surface area (Å²) in [6.07, 6.45) is 1.71. The molecule has 0 aromatic heterocycles. The first-order valence-corrected chi connectivity index (χ1v) is 9.86. The van der Waals surface area contributed by atoms with Crippen molar-refractivity contribution in [1.29, 1.82) is 5.26 Å². The van der Waals surface area contributed by atoms with Gasteiger partial charge in [0.2, 0.25) is 0 Å². The standard InChI is InChI=1S/C25H20ClNO5/c1-29-21-11-7-18(14-24(21)31-3)25(28)32-22-10-4-16(13-23(22)30-2)12-19(15-27)17-5-8-20(26)9-6-17/h4-14H,1-3H3. The van der Waals surface area contributed by atoms with Crippen LogP contribution in [0, 0.1) is 11.3 Å². The summed E-state index contributed by atoms with van der Waals surface area (Å²) >= 11 is 5.92. The van der Waals surface area contributed by atoms with Gasteiger partial charge in [0.05, 0.1) is 38.5 Å². The fourth-order valence-electron chi connectivity index (χ4n) is 2.96. The third kappa shape index (κ3) is 5.20. The first-order chi connectivity index (χ1) is 15.5. The van der Waals surface area contributed by atoms with E-state index in [0.29, 0.717) is 39.0 Å². The lowest BCUT2D eigenvalue weighted by Crippen LogP contribution is -2.09. The van der Waals surface area contributed by atoms with E-state index in [0.717, 1.165) is 5.56 Å². The maximum absolute atomic E-state index is 12.6.